The molecule has 0 aromatic heterocycles. The Kier molecular flexibility index (Phi) is 11.2. The molecule has 0 aromatic carbocycles. The minimum Gasteiger partial charge on any atom is -0.481 e. The lowest BCUT2D eigenvalue weighted by Gasteiger charge is -2.22. The van der Waals surface area contributed by atoms with Crippen molar-refractivity contribution in [3.05, 3.63) is 0 Å². The Hall–Kier alpha value is -2.89. The normalized spacial score (nSPS) is 13.9. The number of rotatable bonds is 13. The molecule has 0 aliphatic heterocycles. The van der Waals surface area contributed by atoms with Crippen molar-refractivity contribution >= 4 is 29.7 Å². The van der Waals surface area contributed by atoms with Crippen molar-refractivity contribution in [1.82, 2.24) is 10.6 Å². The van der Waals surface area contributed by atoms with Gasteiger partial charge in [0, 0.05) is 6.54 Å². The molecule has 160 valence electrons. The van der Waals surface area contributed by atoms with E-state index < -0.39 is 48.3 Å². The van der Waals surface area contributed by atoms with E-state index >= 15 is 0 Å². The minimum absolute atomic E-state index is 0.0208. The van der Waals surface area contributed by atoms with Gasteiger partial charge < -0.3 is 38.0 Å². The van der Waals surface area contributed by atoms with Crippen LogP contribution in [0.15, 0.2) is 4.99 Å². The van der Waals surface area contributed by atoms with E-state index in [-0.39, 0.29) is 31.3 Å². The number of nitrogens with zero attached hydrogens (tertiary/aromatic N) is 1. The average Bonchev–Trinajstić information content (AvgIpc) is 2.55. The van der Waals surface area contributed by atoms with Crippen molar-refractivity contribution in [1.29, 1.82) is 0 Å². The molecule has 0 rings (SSSR count). The topological polar surface area (TPSA) is 223 Å². The first-order chi connectivity index (χ1) is 12.9. The molecule has 0 aliphatic rings. The summed E-state index contributed by atoms with van der Waals surface area (Å²) in [5, 5.41) is 22.7. The number of carboxylic acids is 2. The number of nitrogens with one attached hydrogen (secondary N) is 2. The van der Waals surface area contributed by atoms with Crippen LogP contribution in [0.5, 0.6) is 0 Å². The summed E-state index contributed by atoms with van der Waals surface area (Å²) in [6, 6.07) is -3.67. The molecule has 0 unspecified atom stereocenters. The van der Waals surface area contributed by atoms with E-state index in [1.54, 1.807) is 13.8 Å². The van der Waals surface area contributed by atoms with Gasteiger partial charge in [-0.05, 0) is 25.2 Å². The zero-order valence-electron chi connectivity index (χ0n) is 16.1. The molecule has 0 radical (unpaired) electrons. The number of aliphatic imine (C=N–C) groups is 1. The number of nitrogens with two attached hydrogens (primary N) is 3. The monoisotopic (exact) mass is 402 g/mol. The molecule has 0 fully saturated rings. The number of amides is 2. The molecule has 2 amide bonds. The molecular formula is C16H30N6O6. The number of carboxylic acid groups (broad SMARTS) is 2. The number of hydrogen-bond donors (Lipinski definition) is 7. The van der Waals surface area contributed by atoms with E-state index in [1.165, 1.54) is 0 Å². The SMILES string of the molecule is CC(C)C[C@H](NC(=O)[C@H](CC(=O)O)NC(=O)[C@@H](N)CCCN=C(N)N)C(=O)O. The summed E-state index contributed by atoms with van der Waals surface area (Å²) in [7, 11) is 0. The molecule has 3 atom stereocenters. The zero-order chi connectivity index (χ0) is 21.9. The van der Waals surface area contributed by atoms with Crippen LogP contribution in [0.4, 0.5) is 0 Å². The van der Waals surface area contributed by atoms with Crippen molar-refractivity contribution < 1.29 is 29.4 Å². The van der Waals surface area contributed by atoms with Crippen LogP contribution >= 0.6 is 0 Å². The first-order valence-electron chi connectivity index (χ1n) is 8.80. The van der Waals surface area contributed by atoms with Gasteiger partial charge >= 0.3 is 11.9 Å². The van der Waals surface area contributed by atoms with E-state index in [2.05, 4.69) is 15.6 Å². The second kappa shape index (κ2) is 12.5. The van der Waals surface area contributed by atoms with E-state index in [4.69, 9.17) is 22.3 Å². The number of carbonyl (C=O) groups is 4. The van der Waals surface area contributed by atoms with Crippen LogP contribution in [-0.4, -0.2) is 64.6 Å². The van der Waals surface area contributed by atoms with Crippen LogP contribution in [-0.2, 0) is 19.2 Å². The summed E-state index contributed by atoms with van der Waals surface area (Å²) in [5.74, 6) is -4.34. The summed E-state index contributed by atoms with van der Waals surface area (Å²) in [6.45, 7) is 3.82. The van der Waals surface area contributed by atoms with Crippen LogP contribution in [0.3, 0.4) is 0 Å². The third kappa shape index (κ3) is 11.0. The van der Waals surface area contributed by atoms with Gasteiger partial charge in [-0.25, -0.2) is 4.79 Å². The highest BCUT2D eigenvalue weighted by Gasteiger charge is 2.29. The smallest absolute Gasteiger partial charge is 0.326 e. The minimum atomic E-state index is -1.46. The molecule has 28 heavy (non-hydrogen) atoms. The van der Waals surface area contributed by atoms with Crippen LogP contribution < -0.4 is 27.8 Å². The first kappa shape index (κ1) is 25.1. The Balaban J connectivity index is 4.93. The summed E-state index contributed by atoms with van der Waals surface area (Å²) in [4.78, 5) is 50.5. The molecule has 12 heteroatoms. The van der Waals surface area contributed by atoms with Gasteiger partial charge in [0.05, 0.1) is 12.5 Å². The third-order valence-corrected chi connectivity index (χ3v) is 3.64. The zero-order valence-corrected chi connectivity index (χ0v) is 16.1. The summed E-state index contributed by atoms with van der Waals surface area (Å²) in [5.41, 5.74) is 16.1. The van der Waals surface area contributed by atoms with Crippen LogP contribution in [0.2, 0.25) is 0 Å². The fourth-order valence-electron chi connectivity index (χ4n) is 2.28. The average molecular weight is 402 g/mol. The Labute approximate surface area is 162 Å². The van der Waals surface area contributed by atoms with Gasteiger partial charge in [0.1, 0.15) is 12.1 Å². The maximum absolute atomic E-state index is 12.3. The lowest BCUT2D eigenvalue weighted by atomic mass is 10.0. The standard InChI is InChI=1S/C16H30N6O6/c1-8(2)6-11(15(27)28)22-14(26)10(7-12(23)24)21-13(25)9(17)4-3-5-20-16(18)19/h8-11H,3-7,17H2,1-2H3,(H,21,25)(H,22,26)(H,23,24)(H,27,28)(H4,18,19,20)/t9-,10-,11-/m0/s1. The molecule has 0 aromatic rings. The van der Waals surface area contributed by atoms with Gasteiger partial charge in [0.25, 0.3) is 0 Å². The Bertz CT molecular complexity index is 590. The number of aliphatic carboxylic acids is 2. The molecule has 0 aliphatic carbocycles. The van der Waals surface area contributed by atoms with Gasteiger partial charge in [0.15, 0.2) is 5.96 Å². The van der Waals surface area contributed by atoms with E-state index in [0.29, 0.717) is 6.42 Å². The quantitative estimate of drug-likeness (QED) is 0.102. The molecule has 0 heterocycles. The fourth-order valence-corrected chi connectivity index (χ4v) is 2.28. The highest BCUT2D eigenvalue weighted by atomic mass is 16.4. The highest BCUT2D eigenvalue weighted by Crippen LogP contribution is 2.06. The second-order valence-electron chi connectivity index (χ2n) is 6.74. The van der Waals surface area contributed by atoms with Crippen molar-refractivity contribution in [3.63, 3.8) is 0 Å². The summed E-state index contributed by atoms with van der Waals surface area (Å²) in [6.07, 6.45) is 0.0400. The molecule has 0 saturated heterocycles. The van der Waals surface area contributed by atoms with E-state index in [9.17, 15) is 24.3 Å². The van der Waals surface area contributed by atoms with E-state index in [1.807, 2.05) is 0 Å². The first-order valence-corrected chi connectivity index (χ1v) is 8.80. The maximum atomic E-state index is 12.3. The van der Waals surface area contributed by atoms with Crippen molar-refractivity contribution in [3.8, 4) is 0 Å². The largest absolute Gasteiger partial charge is 0.481 e. The van der Waals surface area contributed by atoms with Gasteiger partial charge in [-0.15, -0.1) is 0 Å². The third-order valence-electron chi connectivity index (χ3n) is 3.64. The maximum Gasteiger partial charge on any atom is 0.326 e. The second-order valence-corrected chi connectivity index (χ2v) is 6.74. The number of guanidine groups is 1. The molecular weight excluding hydrogens is 372 g/mol. The number of hydrogen-bond acceptors (Lipinski definition) is 6. The Morgan fingerprint density at radius 3 is 2.04 bits per heavy atom. The Morgan fingerprint density at radius 2 is 1.57 bits per heavy atom. The van der Waals surface area contributed by atoms with Crippen molar-refractivity contribution in [2.24, 2.45) is 28.1 Å². The lowest BCUT2D eigenvalue weighted by Crippen LogP contribution is -2.55. The fraction of sp³-hybridized carbons (Fsp3) is 0.688. The Morgan fingerprint density at radius 1 is 1.00 bits per heavy atom. The lowest BCUT2D eigenvalue weighted by molar-refractivity contribution is -0.143. The molecule has 0 spiro atoms. The van der Waals surface area contributed by atoms with Crippen molar-refractivity contribution in [2.75, 3.05) is 6.54 Å². The van der Waals surface area contributed by atoms with Crippen LogP contribution in [0, 0.1) is 5.92 Å². The van der Waals surface area contributed by atoms with Gasteiger partial charge in [0.2, 0.25) is 11.8 Å². The van der Waals surface area contributed by atoms with Crippen LogP contribution in [0.25, 0.3) is 0 Å². The van der Waals surface area contributed by atoms with Gasteiger partial charge in [-0.1, -0.05) is 13.8 Å². The van der Waals surface area contributed by atoms with Gasteiger partial charge in [-0.3, -0.25) is 19.4 Å². The summed E-state index contributed by atoms with van der Waals surface area (Å²) >= 11 is 0. The predicted molar refractivity (Wildman–Crippen MR) is 101 cm³/mol. The van der Waals surface area contributed by atoms with E-state index in [0.717, 1.165) is 0 Å². The highest BCUT2D eigenvalue weighted by molar-refractivity contribution is 5.93. The van der Waals surface area contributed by atoms with Crippen LogP contribution in [0.1, 0.15) is 39.5 Å². The van der Waals surface area contributed by atoms with Crippen molar-refractivity contribution in [2.45, 2.75) is 57.7 Å². The molecule has 0 bridgehead atoms. The van der Waals surface area contributed by atoms with Gasteiger partial charge in [-0.2, -0.15) is 0 Å². The molecule has 10 N–H and O–H groups in total. The summed E-state index contributed by atoms with van der Waals surface area (Å²) < 4.78 is 0. The predicted octanol–water partition coefficient (Wildman–Crippen LogP) is -2.06. The molecule has 0 saturated carbocycles. The number of carbonyl (C=O) groups excluding carboxylic acids is 2. The molecule has 12 nitrogen and oxygen atoms in total.